The quantitative estimate of drug-likeness (QED) is 0.467. The van der Waals surface area contributed by atoms with Gasteiger partial charge in [-0.3, -0.25) is 0 Å². The van der Waals surface area contributed by atoms with Gasteiger partial charge in [0, 0.05) is 17.4 Å². The lowest BCUT2D eigenvalue weighted by Gasteiger charge is -2.36. The second-order valence-corrected chi connectivity index (χ2v) is 10.0. The van der Waals surface area contributed by atoms with Crippen LogP contribution in [0.4, 0.5) is 13.2 Å². The Labute approximate surface area is 209 Å². The lowest BCUT2D eigenvalue weighted by Crippen LogP contribution is -2.41. The SMILES string of the molecule is CCCCCC1COc2cc(C3COC(C4COc5c(cc(F)c(C#N)c5F)C4)OC3)c(F)cc2C1. The average molecular weight is 502 g/mol. The summed E-state index contributed by atoms with van der Waals surface area (Å²) in [7, 11) is 0. The molecule has 1 fully saturated rings. The molecular formula is C28H30F3NO4. The van der Waals surface area contributed by atoms with Gasteiger partial charge in [0.1, 0.15) is 29.0 Å². The summed E-state index contributed by atoms with van der Waals surface area (Å²) in [5.74, 6) is -1.69. The maximum absolute atomic E-state index is 15.1. The van der Waals surface area contributed by atoms with Crippen LogP contribution in [0, 0.1) is 40.6 Å². The van der Waals surface area contributed by atoms with E-state index in [4.69, 9.17) is 24.2 Å². The van der Waals surface area contributed by atoms with Crippen molar-refractivity contribution in [2.24, 2.45) is 11.8 Å². The third-order valence-electron chi connectivity index (χ3n) is 7.41. The smallest absolute Gasteiger partial charge is 0.186 e. The molecule has 8 heteroatoms. The van der Waals surface area contributed by atoms with E-state index in [9.17, 15) is 8.78 Å². The zero-order chi connectivity index (χ0) is 25.2. The first-order valence-corrected chi connectivity index (χ1v) is 12.7. The number of benzene rings is 2. The number of fused-ring (bicyclic) bond motifs is 2. The lowest BCUT2D eigenvalue weighted by molar-refractivity contribution is -0.218. The molecule has 3 aliphatic rings. The molecule has 0 bridgehead atoms. The highest BCUT2D eigenvalue weighted by Crippen LogP contribution is 2.38. The number of halogens is 3. The monoisotopic (exact) mass is 501 g/mol. The maximum Gasteiger partial charge on any atom is 0.186 e. The van der Waals surface area contributed by atoms with Gasteiger partial charge in [0.25, 0.3) is 0 Å². The Kier molecular flexibility index (Phi) is 7.40. The van der Waals surface area contributed by atoms with Gasteiger partial charge in [-0.1, -0.05) is 26.2 Å². The van der Waals surface area contributed by atoms with Crippen LogP contribution in [-0.2, 0) is 22.3 Å². The van der Waals surface area contributed by atoms with Gasteiger partial charge in [0.2, 0.25) is 0 Å². The first kappa shape index (κ1) is 24.9. The molecule has 0 N–H and O–H groups in total. The Balaban J connectivity index is 1.21. The van der Waals surface area contributed by atoms with Gasteiger partial charge in [0.15, 0.2) is 17.9 Å². The van der Waals surface area contributed by atoms with E-state index in [0.717, 1.165) is 30.2 Å². The molecule has 0 radical (unpaired) electrons. The van der Waals surface area contributed by atoms with Crippen LogP contribution in [0.2, 0.25) is 0 Å². The van der Waals surface area contributed by atoms with Gasteiger partial charge >= 0.3 is 0 Å². The van der Waals surface area contributed by atoms with E-state index in [1.807, 2.05) is 0 Å². The number of nitrogens with zero attached hydrogens (tertiary/aromatic N) is 1. The summed E-state index contributed by atoms with van der Waals surface area (Å²) in [5, 5.41) is 8.95. The molecule has 2 unspecified atom stereocenters. The van der Waals surface area contributed by atoms with Gasteiger partial charge in [-0.2, -0.15) is 5.26 Å². The summed E-state index contributed by atoms with van der Waals surface area (Å²) in [6.45, 7) is 3.44. The van der Waals surface area contributed by atoms with E-state index in [-0.39, 0.29) is 49.6 Å². The fourth-order valence-corrected chi connectivity index (χ4v) is 5.40. The largest absolute Gasteiger partial charge is 0.493 e. The van der Waals surface area contributed by atoms with Crippen molar-refractivity contribution in [3.05, 3.63) is 57.9 Å². The molecule has 3 aliphatic heterocycles. The molecule has 0 amide bonds. The minimum absolute atomic E-state index is 0.0957. The molecule has 2 aromatic rings. The average Bonchev–Trinajstić information content (AvgIpc) is 2.88. The van der Waals surface area contributed by atoms with E-state index < -0.39 is 23.5 Å². The topological polar surface area (TPSA) is 60.7 Å². The Hall–Kier alpha value is -2.76. The Bertz CT molecular complexity index is 1160. The minimum Gasteiger partial charge on any atom is -0.493 e. The molecule has 2 atom stereocenters. The number of hydrogen-bond donors (Lipinski definition) is 0. The molecule has 1 saturated heterocycles. The summed E-state index contributed by atoms with van der Waals surface area (Å²) < 4.78 is 66.9. The predicted octanol–water partition coefficient (Wildman–Crippen LogP) is 5.81. The molecule has 5 rings (SSSR count). The molecule has 5 nitrogen and oxygen atoms in total. The molecule has 0 aliphatic carbocycles. The van der Waals surface area contributed by atoms with Crippen molar-refractivity contribution in [3.8, 4) is 17.6 Å². The van der Waals surface area contributed by atoms with Crippen molar-refractivity contribution >= 4 is 0 Å². The van der Waals surface area contributed by atoms with Crippen molar-refractivity contribution in [1.29, 1.82) is 5.26 Å². The predicted molar refractivity (Wildman–Crippen MR) is 125 cm³/mol. The van der Waals surface area contributed by atoms with E-state index in [2.05, 4.69) is 6.92 Å². The van der Waals surface area contributed by atoms with Gasteiger partial charge in [-0.05, 0) is 54.5 Å². The lowest BCUT2D eigenvalue weighted by atomic mass is 9.89. The normalized spacial score (nSPS) is 25.2. The summed E-state index contributed by atoms with van der Waals surface area (Å²) in [5.41, 5.74) is 1.11. The number of hydrogen-bond acceptors (Lipinski definition) is 5. The molecule has 2 aromatic carbocycles. The summed E-state index contributed by atoms with van der Waals surface area (Å²) in [6.07, 6.45) is 5.11. The molecule has 0 spiro atoms. The van der Waals surface area contributed by atoms with Crippen molar-refractivity contribution < 1.29 is 32.1 Å². The Morgan fingerprint density at radius 1 is 0.917 bits per heavy atom. The van der Waals surface area contributed by atoms with Crippen molar-refractivity contribution in [2.75, 3.05) is 26.4 Å². The Morgan fingerprint density at radius 3 is 2.44 bits per heavy atom. The van der Waals surface area contributed by atoms with Crippen LogP contribution in [0.15, 0.2) is 18.2 Å². The third kappa shape index (κ3) is 4.91. The van der Waals surface area contributed by atoms with E-state index >= 15 is 4.39 Å². The molecular weight excluding hydrogens is 471 g/mol. The van der Waals surface area contributed by atoms with Crippen molar-refractivity contribution in [2.45, 2.75) is 57.7 Å². The molecule has 0 saturated carbocycles. The van der Waals surface area contributed by atoms with Crippen LogP contribution in [0.1, 0.15) is 60.8 Å². The van der Waals surface area contributed by atoms with E-state index in [0.29, 0.717) is 23.7 Å². The van der Waals surface area contributed by atoms with Crippen LogP contribution in [0.5, 0.6) is 11.5 Å². The summed E-state index contributed by atoms with van der Waals surface area (Å²) in [6, 6.07) is 6.03. The van der Waals surface area contributed by atoms with E-state index in [1.54, 1.807) is 12.1 Å². The third-order valence-corrected chi connectivity index (χ3v) is 7.41. The van der Waals surface area contributed by atoms with Gasteiger partial charge in [-0.25, -0.2) is 13.2 Å². The second kappa shape index (κ2) is 10.7. The van der Waals surface area contributed by atoms with Gasteiger partial charge in [-0.15, -0.1) is 0 Å². The first-order valence-electron chi connectivity index (χ1n) is 12.7. The Morgan fingerprint density at radius 2 is 1.69 bits per heavy atom. The van der Waals surface area contributed by atoms with Crippen molar-refractivity contribution in [1.82, 2.24) is 0 Å². The number of unbranched alkanes of at least 4 members (excludes halogenated alkanes) is 2. The fourth-order valence-electron chi connectivity index (χ4n) is 5.40. The summed E-state index contributed by atoms with van der Waals surface area (Å²) in [4.78, 5) is 0. The first-order chi connectivity index (χ1) is 17.5. The maximum atomic E-state index is 15.1. The van der Waals surface area contributed by atoms with Crippen LogP contribution in [-0.4, -0.2) is 32.7 Å². The fraction of sp³-hybridized carbons (Fsp3) is 0.536. The minimum atomic E-state index is -0.978. The highest BCUT2D eigenvalue weighted by molar-refractivity contribution is 5.46. The number of nitriles is 1. The zero-order valence-corrected chi connectivity index (χ0v) is 20.3. The molecule has 0 aromatic heterocycles. The number of ether oxygens (including phenoxy) is 4. The summed E-state index contributed by atoms with van der Waals surface area (Å²) >= 11 is 0. The highest BCUT2D eigenvalue weighted by atomic mass is 19.1. The van der Waals surface area contributed by atoms with Crippen LogP contribution in [0.3, 0.4) is 0 Å². The van der Waals surface area contributed by atoms with E-state index in [1.165, 1.54) is 25.3 Å². The second-order valence-electron chi connectivity index (χ2n) is 10.0. The van der Waals surface area contributed by atoms with Gasteiger partial charge < -0.3 is 18.9 Å². The van der Waals surface area contributed by atoms with Gasteiger partial charge in [0.05, 0.1) is 26.4 Å². The standard InChI is InChI=1S/C28H30F3NO4/c1-2-3-4-5-16-6-17-8-23(29)21(10-25(17)33-12-16)20-14-35-28(36-15-20)19-7-18-9-24(30)22(11-32)26(31)27(18)34-13-19/h8-10,16,19-20,28H,2-7,12-15H2,1H3. The molecule has 3 heterocycles. The molecule has 192 valence electrons. The molecule has 36 heavy (non-hydrogen) atoms. The van der Waals surface area contributed by atoms with Crippen LogP contribution < -0.4 is 9.47 Å². The van der Waals surface area contributed by atoms with Crippen LogP contribution in [0.25, 0.3) is 0 Å². The van der Waals surface area contributed by atoms with Crippen LogP contribution >= 0.6 is 0 Å². The highest BCUT2D eigenvalue weighted by Gasteiger charge is 2.36. The van der Waals surface area contributed by atoms with Crippen molar-refractivity contribution in [3.63, 3.8) is 0 Å². The zero-order valence-electron chi connectivity index (χ0n) is 20.3. The number of rotatable bonds is 6.